The van der Waals surface area contributed by atoms with Crippen LogP contribution < -0.4 is 10.6 Å². The van der Waals surface area contributed by atoms with Crippen molar-refractivity contribution in [2.24, 2.45) is 5.41 Å². The van der Waals surface area contributed by atoms with Crippen LogP contribution in [0.15, 0.2) is 54.6 Å². The first-order valence-electron chi connectivity index (χ1n) is 11.9. The van der Waals surface area contributed by atoms with Gasteiger partial charge in [-0.15, -0.1) is 0 Å². The predicted molar refractivity (Wildman–Crippen MR) is 143 cm³/mol. The van der Waals surface area contributed by atoms with Crippen molar-refractivity contribution in [3.8, 4) is 11.1 Å². The van der Waals surface area contributed by atoms with Crippen molar-refractivity contribution in [2.45, 2.75) is 27.7 Å². The molecule has 1 aromatic heterocycles. The third-order valence-electron chi connectivity index (χ3n) is 5.84. The molecule has 9 nitrogen and oxygen atoms in total. The number of nitrogens with one attached hydrogen (secondary N) is 1. The Morgan fingerprint density at radius 1 is 1.11 bits per heavy atom. The van der Waals surface area contributed by atoms with Crippen LogP contribution in [0.2, 0.25) is 0 Å². The summed E-state index contributed by atoms with van der Waals surface area (Å²) in [5.41, 5.74) is 3.06. The lowest BCUT2D eigenvalue weighted by Crippen LogP contribution is -2.32. The largest absolute Gasteiger partial charge is 0.460 e. The Hall–Kier alpha value is -3.39. The smallest absolute Gasteiger partial charge is 0.340 e. The monoisotopic (exact) mass is 523 g/mol. The van der Waals surface area contributed by atoms with E-state index < -0.39 is 19.3 Å². The molecule has 4 rings (SSSR count). The fraction of sp³-hybridized carbons (Fsp3) is 0.333. The summed E-state index contributed by atoms with van der Waals surface area (Å²) in [7, 11) is -1.57. The van der Waals surface area contributed by atoms with Gasteiger partial charge < -0.3 is 19.1 Å². The maximum absolute atomic E-state index is 13.4. The average Bonchev–Trinajstić information content (AvgIpc) is 2.87. The Kier molecular flexibility index (Phi) is 8.17. The molecular formula is C27H30N3O6P. The number of anilines is 1. The second kappa shape index (κ2) is 11.3. The Labute approximate surface area is 217 Å². The van der Waals surface area contributed by atoms with Gasteiger partial charge >= 0.3 is 5.97 Å². The highest BCUT2D eigenvalue weighted by molar-refractivity contribution is 7.56. The summed E-state index contributed by atoms with van der Waals surface area (Å²) in [4.78, 5) is 29.1. The van der Waals surface area contributed by atoms with Crippen LogP contribution in [0.1, 0.15) is 35.6 Å². The first-order valence-corrected chi connectivity index (χ1v) is 13.1. The minimum absolute atomic E-state index is 0.0821. The number of hydrogen-bond acceptors (Lipinski definition) is 8. The number of carbonyl (C=O) groups is 1. The van der Waals surface area contributed by atoms with Crippen molar-refractivity contribution < 1.29 is 23.5 Å². The van der Waals surface area contributed by atoms with Gasteiger partial charge in [0.2, 0.25) is 8.38 Å². The molecule has 0 saturated carbocycles. The highest BCUT2D eigenvalue weighted by atomic mass is 31.2. The first kappa shape index (κ1) is 26.7. The van der Waals surface area contributed by atoms with Crippen molar-refractivity contribution in [1.82, 2.24) is 4.98 Å². The SMILES string of the molecule is Cc1nc(C)c(P2OCC(C)(C)CO2)c(-c2cccc([N+](=O)[O-])c2)c1C(=O)OCCNc1ccccc1. The number of nitrogens with zero attached hydrogens (tertiary/aromatic N) is 2. The van der Waals surface area contributed by atoms with Gasteiger partial charge in [-0.05, 0) is 31.5 Å². The fourth-order valence-electron chi connectivity index (χ4n) is 4.01. The number of nitro benzene ring substituents is 1. The Morgan fingerprint density at radius 3 is 2.49 bits per heavy atom. The fourth-order valence-corrected chi connectivity index (χ4v) is 6.02. The number of aromatic nitrogens is 1. The molecule has 2 heterocycles. The average molecular weight is 524 g/mol. The number of pyridine rings is 1. The third kappa shape index (κ3) is 6.31. The number of esters is 1. The number of rotatable bonds is 8. The third-order valence-corrected chi connectivity index (χ3v) is 7.48. The van der Waals surface area contributed by atoms with E-state index in [0.717, 1.165) is 5.69 Å². The van der Waals surface area contributed by atoms with Gasteiger partial charge in [0, 0.05) is 35.3 Å². The zero-order valence-electron chi connectivity index (χ0n) is 21.3. The van der Waals surface area contributed by atoms with E-state index in [0.29, 0.717) is 47.6 Å². The molecule has 0 atom stereocenters. The standard InChI is InChI=1S/C27H30N3O6P/c1-18-23(26(31)34-14-13-28-21-10-6-5-7-11-21)24(20-9-8-12-22(15-20)30(32)33)25(19(2)29-18)37-35-16-27(3,4)17-36-37/h5-12,15,28H,13-14,16-17H2,1-4H3. The molecule has 0 radical (unpaired) electrons. The maximum Gasteiger partial charge on any atom is 0.340 e. The van der Waals surface area contributed by atoms with Crippen molar-refractivity contribution in [3.05, 3.63) is 81.7 Å². The van der Waals surface area contributed by atoms with Gasteiger partial charge in [0.1, 0.15) is 6.61 Å². The molecule has 37 heavy (non-hydrogen) atoms. The number of benzene rings is 2. The van der Waals surface area contributed by atoms with Crippen molar-refractivity contribution >= 4 is 31.0 Å². The van der Waals surface area contributed by atoms with E-state index in [1.165, 1.54) is 12.1 Å². The number of hydrogen-bond donors (Lipinski definition) is 1. The van der Waals surface area contributed by atoms with Crippen LogP contribution >= 0.6 is 8.38 Å². The molecule has 0 unspecified atom stereocenters. The number of nitro groups is 1. The van der Waals surface area contributed by atoms with E-state index in [9.17, 15) is 14.9 Å². The van der Waals surface area contributed by atoms with E-state index >= 15 is 0 Å². The number of non-ortho nitro benzene ring substituents is 1. The Morgan fingerprint density at radius 2 is 1.81 bits per heavy atom. The summed E-state index contributed by atoms with van der Waals surface area (Å²) in [6.07, 6.45) is 0. The molecule has 1 fully saturated rings. The zero-order chi connectivity index (χ0) is 26.6. The molecular weight excluding hydrogens is 493 g/mol. The van der Waals surface area contributed by atoms with Crippen molar-refractivity contribution in [1.29, 1.82) is 0 Å². The van der Waals surface area contributed by atoms with E-state index in [1.807, 2.05) is 51.1 Å². The summed E-state index contributed by atoms with van der Waals surface area (Å²) >= 11 is 0. The van der Waals surface area contributed by atoms with Crippen LogP contribution in [-0.4, -0.2) is 42.2 Å². The molecule has 1 aliphatic rings. The van der Waals surface area contributed by atoms with Gasteiger partial charge in [-0.1, -0.05) is 44.2 Å². The number of carbonyl (C=O) groups excluding carboxylic acids is 1. The lowest BCUT2D eigenvalue weighted by molar-refractivity contribution is -0.384. The zero-order valence-corrected chi connectivity index (χ0v) is 22.2. The Balaban J connectivity index is 1.71. The second-order valence-corrected chi connectivity index (χ2v) is 11.1. The minimum atomic E-state index is -1.57. The lowest BCUT2D eigenvalue weighted by Gasteiger charge is -2.35. The van der Waals surface area contributed by atoms with Crippen LogP contribution in [0.3, 0.4) is 0 Å². The van der Waals surface area contributed by atoms with Gasteiger partial charge in [0.25, 0.3) is 5.69 Å². The van der Waals surface area contributed by atoms with Gasteiger partial charge in [-0.3, -0.25) is 15.1 Å². The van der Waals surface area contributed by atoms with Gasteiger partial charge in [-0.25, -0.2) is 4.79 Å². The highest BCUT2D eigenvalue weighted by Crippen LogP contribution is 2.48. The van der Waals surface area contributed by atoms with E-state index in [-0.39, 0.29) is 23.3 Å². The molecule has 0 amide bonds. The topological polar surface area (TPSA) is 113 Å². The lowest BCUT2D eigenvalue weighted by atomic mass is 9.97. The van der Waals surface area contributed by atoms with Crippen LogP contribution in [0.25, 0.3) is 11.1 Å². The molecule has 0 aliphatic carbocycles. The molecule has 1 N–H and O–H groups in total. The van der Waals surface area contributed by atoms with E-state index in [1.54, 1.807) is 19.1 Å². The molecule has 1 aliphatic heterocycles. The molecule has 10 heteroatoms. The van der Waals surface area contributed by atoms with Crippen LogP contribution in [-0.2, 0) is 13.8 Å². The molecule has 194 valence electrons. The number of ether oxygens (including phenoxy) is 1. The number of aryl methyl sites for hydroxylation is 2. The quantitative estimate of drug-likeness (QED) is 0.134. The summed E-state index contributed by atoms with van der Waals surface area (Å²) in [6.45, 7) is 9.16. The molecule has 0 bridgehead atoms. The maximum atomic E-state index is 13.4. The summed E-state index contributed by atoms with van der Waals surface area (Å²) < 4.78 is 17.9. The van der Waals surface area contributed by atoms with Crippen molar-refractivity contribution in [3.63, 3.8) is 0 Å². The van der Waals surface area contributed by atoms with Gasteiger partial charge in [-0.2, -0.15) is 0 Å². The first-order chi connectivity index (χ1) is 17.7. The van der Waals surface area contributed by atoms with Gasteiger partial charge in [0.15, 0.2) is 0 Å². The van der Waals surface area contributed by atoms with Crippen LogP contribution in [0, 0.1) is 29.4 Å². The number of para-hydroxylation sites is 1. The summed E-state index contributed by atoms with van der Waals surface area (Å²) in [5.74, 6) is -0.560. The molecule has 3 aromatic rings. The molecule has 1 saturated heterocycles. The summed E-state index contributed by atoms with van der Waals surface area (Å²) in [6, 6.07) is 15.8. The molecule has 2 aromatic carbocycles. The predicted octanol–water partition coefficient (Wildman–Crippen LogP) is 5.55. The van der Waals surface area contributed by atoms with E-state index in [2.05, 4.69) is 10.3 Å². The molecule has 0 spiro atoms. The van der Waals surface area contributed by atoms with Crippen LogP contribution in [0.4, 0.5) is 11.4 Å². The second-order valence-electron chi connectivity index (χ2n) is 9.59. The Bertz CT molecular complexity index is 1290. The van der Waals surface area contributed by atoms with E-state index in [4.69, 9.17) is 13.8 Å². The minimum Gasteiger partial charge on any atom is -0.460 e. The summed E-state index contributed by atoms with van der Waals surface area (Å²) in [5, 5.41) is 15.4. The van der Waals surface area contributed by atoms with Crippen LogP contribution in [0.5, 0.6) is 0 Å². The van der Waals surface area contributed by atoms with Gasteiger partial charge in [0.05, 0.1) is 40.4 Å². The normalized spacial score (nSPS) is 15.2. The van der Waals surface area contributed by atoms with Crippen molar-refractivity contribution in [2.75, 3.05) is 31.7 Å². The highest BCUT2D eigenvalue weighted by Gasteiger charge is 2.35.